The van der Waals surface area contributed by atoms with Crippen LogP contribution >= 0.6 is 0 Å². The smallest absolute Gasteiger partial charge is 0.00178 e. The van der Waals surface area contributed by atoms with E-state index in [-0.39, 0.29) is 0 Å². The van der Waals surface area contributed by atoms with E-state index in [0.717, 1.165) is 18.4 Å². The topological polar surface area (TPSA) is 26.0 Å². The highest BCUT2D eigenvalue weighted by molar-refractivity contribution is 5.00. The number of fused-ring (bicyclic) bond motifs is 2. The van der Waals surface area contributed by atoms with Gasteiger partial charge in [0.2, 0.25) is 0 Å². The molecule has 2 aliphatic carbocycles. The summed E-state index contributed by atoms with van der Waals surface area (Å²) >= 11 is 0. The molecule has 0 heterocycles. The van der Waals surface area contributed by atoms with Crippen LogP contribution in [0.2, 0.25) is 0 Å². The van der Waals surface area contributed by atoms with Gasteiger partial charge in [-0.3, -0.25) is 0 Å². The molecule has 2 aliphatic rings. The summed E-state index contributed by atoms with van der Waals surface area (Å²) in [5.41, 5.74) is 6.73. The summed E-state index contributed by atoms with van der Waals surface area (Å²) in [6.07, 6.45) is 18.9. The van der Waals surface area contributed by atoms with E-state index in [9.17, 15) is 0 Å². The summed E-state index contributed by atoms with van der Waals surface area (Å²) in [6, 6.07) is 0. The Labute approximate surface area is 120 Å². The van der Waals surface area contributed by atoms with Gasteiger partial charge in [0.25, 0.3) is 0 Å². The van der Waals surface area contributed by atoms with Gasteiger partial charge in [-0.25, -0.2) is 0 Å². The molecular formula is C18H35N. The fourth-order valence-electron chi connectivity index (χ4n) is 4.83. The highest BCUT2D eigenvalue weighted by Gasteiger charge is 2.49. The normalized spacial score (nSPS) is 33.2. The van der Waals surface area contributed by atoms with E-state index >= 15 is 0 Å². The SMILES string of the molecule is CCCCCCCCCCC1(CN)CC2CCC1C2. The number of hydrogen-bond donors (Lipinski definition) is 1. The van der Waals surface area contributed by atoms with Crippen molar-refractivity contribution < 1.29 is 0 Å². The lowest BCUT2D eigenvalue weighted by Gasteiger charge is -2.37. The van der Waals surface area contributed by atoms with Gasteiger partial charge in [-0.1, -0.05) is 64.7 Å². The average Bonchev–Trinajstić information content (AvgIpc) is 3.03. The molecule has 1 nitrogen and oxygen atoms in total. The van der Waals surface area contributed by atoms with Crippen LogP contribution in [-0.4, -0.2) is 6.54 Å². The van der Waals surface area contributed by atoms with Crippen molar-refractivity contribution in [2.24, 2.45) is 23.0 Å². The minimum absolute atomic E-state index is 0.575. The third-order valence-corrected chi connectivity index (χ3v) is 6.04. The van der Waals surface area contributed by atoms with Crippen molar-refractivity contribution in [1.29, 1.82) is 0 Å². The van der Waals surface area contributed by atoms with Gasteiger partial charge in [0, 0.05) is 0 Å². The van der Waals surface area contributed by atoms with Gasteiger partial charge in [-0.2, -0.15) is 0 Å². The van der Waals surface area contributed by atoms with Crippen molar-refractivity contribution in [2.45, 2.75) is 90.4 Å². The monoisotopic (exact) mass is 265 g/mol. The van der Waals surface area contributed by atoms with Crippen molar-refractivity contribution in [3.05, 3.63) is 0 Å². The quantitative estimate of drug-likeness (QED) is 0.534. The van der Waals surface area contributed by atoms with Crippen LogP contribution in [0.3, 0.4) is 0 Å². The fourth-order valence-corrected chi connectivity index (χ4v) is 4.83. The summed E-state index contributed by atoms with van der Waals surface area (Å²) < 4.78 is 0. The van der Waals surface area contributed by atoms with E-state index in [1.165, 1.54) is 83.5 Å². The van der Waals surface area contributed by atoms with Crippen molar-refractivity contribution in [1.82, 2.24) is 0 Å². The van der Waals surface area contributed by atoms with Gasteiger partial charge in [0.15, 0.2) is 0 Å². The second kappa shape index (κ2) is 7.67. The fraction of sp³-hybridized carbons (Fsp3) is 1.00. The molecule has 0 aromatic heterocycles. The molecule has 0 radical (unpaired) electrons. The number of rotatable bonds is 10. The minimum Gasteiger partial charge on any atom is -0.330 e. The van der Waals surface area contributed by atoms with Gasteiger partial charge in [-0.15, -0.1) is 0 Å². The zero-order valence-electron chi connectivity index (χ0n) is 13.1. The van der Waals surface area contributed by atoms with E-state index in [1.54, 1.807) is 0 Å². The van der Waals surface area contributed by atoms with Gasteiger partial charge in [0.1, 0.15) is 0 Å². The highest BCUT2D eigenvalue weighted by Crippen LogP contribution is 2.57. The van der Waals surface area contributed by atoms with E-state index in [1.807, 2.05) is 0 Å². The Kier molecular flexibility index (Phi) is 6.19. The van der Waals surface area contributed by atoms with Gasteiger partial charge < -0.3 is 5.73 Å². The van der Waals surface area contributed by atoms with Crippen LogP contribution in [0.1, 0.15) is 90.4 Å². The average molecular weight is 265 g/mol. The van der Waals surface area contributed by atoms with Crippen LogP contribution in [-0.2, 0) is 0 Å². The molecule has 3 atom stereocenters. The highest BCUT2D eigenvalue weighted by atomic mass is 14.7. The zero-order chi connectivity index (χ0) is 13.6. The summed E-state index contributed by atoms with van der Waals surface area (Å²) in [7, 11) is 0. The Balaban J connectivity index is 1.55. The Hall–Kier alpha value is -0.0400. The standard InChI is InChI=1S/C18H35N/c1-2-3-4-5-6-7-8-9-12-18(15-19)14-16-10-11-17(18)13-16/h16-17H,2-15,19H2,1H3. The van der Waals surface area contributed by atoms with Crippen LogP contribution in [0, 0.1) is 17.3 Å². The lowest BCUT2D eigenvalue weighted by atomic mass is 9.70. The molecule has 2 rings (SSSR count). The van der Waals surface area contributed by atoms with Gasteiger partial charge >= 0.3 is 0 Å². The Morgan fingerprint density at radius 1 is 0.947 bits per heavy atom. The molecule has 2 saturated carbocycles. The summed E-state index contributed by atoms with van der Waals surface area (Å²) in [5, 5.41) is 0. The summed E-state index contributed by atoms with van der Waals surface area (Å²) in [6.45, 7) is 3.26. The van der Waals surface area contributed by atoms with Crippen molar-refractivity contribution in [3.63, 3.8) is 0 Å². The number of nitrogens with two attached hydrogens (primary N) is 1. The van der Waals surface area contributed by atoms with Crippen LogP contribution in [0.4, 0.5) is 0 Å². The predicted octanol–water partition coefficient (Wildman–Crippen LogP) is 5.28. The Morgan fingerprint density at radius 2 is 1.63 bits per heavy atom. The van der Waals surface area contributed by atoms with Crippen LogP contribution in [0.25, 0.3) is 0 Å². The third kappa shape index (κ3) is 3.97. The molecule has 0 aromatic rings. The van der Waals surface area contributed by atoms with E-state index in [2.05, 4.69) is 6.92 Å². The molecule has 19 heavy (non-hydrogen) atoms. The molecule has 0 aromatic carbocycles. The number of unbranched alkanes of at least 4 members (excludes halogenated alkanes) is 7. The molecule has 0 spiro atoms. The third-order valence-electron chi connectivity index (χ3n) is 6.04. The van der Waals surface area contributed by atoms with E-state index < -0.39 is 0 Å². The van der Waals surface area contributed by atoms with Gasteiger partial charge in [-0.05, 0) is 49.5 Å². The molecule has 0 aliphatic heterocycles. The second-order valence-corrected chi connectivity index (χ2v) is 7.37. The molecule has 3 unspecified atom stereocenters. The maximum absolute atomic E-state index is 6.15. The first-order valence-electron chi connectivity index (χ1n) is 9.01. The first-order valence-corrected chi connectivity index (χ1v) is 9.01. The first-order chi connectivity index (χ1) is 9.30. The minimum atomic E-state index is 0.575. The Bertz CT molecular complexity index is 250. The van der Waals surface area contributed by atoms with Crippen LogP contribution < -0.4 is 5.73 Å². The molecular weight excluding hydrogens is 230 g/mol. The molecule has 0 saturated heterocycles. The van der Waals surface area contributed by atoms with Crippen LogP contribution in [0.5, 0.6) is 0 Å². The van der Waals surface area contributed by atoms with Crippen molar-refractivity contribution in [2.75, 3.05) is 6.54 Å². The first kappa shape index (κ1) is 15.4. The molecule has 2 fully saturated rings. The maximum atomic E-state index is 6.15. The molecule has 112 valence electrons. The maximum Gasteiger partial charge on any atom is -0.00178 e. The summed E-state index contributed by atoms with van der Waals surface area (Å²) in [5.74, 6) is 2.04. The lowest BCUT2D eigenvalue weighted by Crippen LogP contribution is -2.35. The van der Waals surface area contributed by atoms with Gasteiger partial charge in [0.05, 0.1) is 0 Å². The van der Waals surface area contributed by atoms with E-state index in [0.29, 0.717) is 5.41 Å². The van der Waals surface area contributed by atoms with Crippen LogP contribution in [0.15, 0.2) is 0 Å². The summed E-state index contributed by atoms with van der Waals surface area (Å²) in [4.78, 5) is 0. The molecule has 2 bridgehead atoms. The number of hydrogen-bond acceptors (Lipinski definition) is 1. The zero-order valence-corrected chi connectivity index (χ0v) is 13.1. The Morgan fingerprint density at radius 3 is 2.16 bits per heavy atom. The molecule has 2 N–H and O–H groups in total. The predicted molar refractivity (Wildman–Crippen MR) is 84.2 cm³/mol. The van der Waals surface area contributed by atoms with Crippen molar-refractivity contribution in [3.8, 4) is 0 Å². The molecule has 1 heteroatoms. The second-order valence-electron chi connectivity index (χ2n) is 7.37. The van der Waals surface area contributed by atoms with E-state index in [4.69, 9.17) is 5.73 Å². The largest absolute Gasteiger partial charge is 0.330 e. The lowest BCUT2D eigenvalue weighted by molar-refractivity contribution is 0.152. The van der Waals surface area contributed by atoms with Crippen molar-refractivity contribution >= 4 is 0 Å². The molecule has 0 amide bonds.